The average molecular weight is 412 g/mol. The van der Waals surface area contributed by atoms with Crippen LogP contribution in [0.1, 0.15) is 22.5 Å². The number of benzene rings is 1. The summed E-state index contributed by atoms with van der Waals surface area (Å²) in [5, 5.41) is 7.59. The number of nitrogens with one attached hydrogen (secondary N) is 1. The molecule has 0 bridgehead atoms. The van der Waals surface area contributed by atoms with Crippen LogP contribution in [0.2, 0.25) is 0 Å². The van der Waals surface area contributed by atoms with Crippen LogP contribution in [0.25, 0.3) is 11.3 Å². The molecule has 1 aromatic heterocycles. The van der Waals surface area contributed by atoms with Crippen molar-refractivity contribution >= 4 is 31.9 Å². The first-order valence-corrected chi connectivity index (χ1v) is 9.79. The fourth-order valence-electron chi connectivity index (χ4n) is 2.18. The minimum absolute atomic E-state index is 0.160. The Morgan fingerprint density at radius 1 is 1.29 bits per heavy atom. The van der Waals surface area contributed by atoms with E-state index in [9.17, 15) is 13.2 Å². The second-order valence-corrected chi connectivity index (χ2v) is 7.97. The molecule has 3 N–H and O–H groups in total. The third kappa shape index (κ3) is 5.40. The number of nitrogens with zero attached hydrogens (tertiary/aromatic N) is 1. The highest BCUT2D eigenvalue weighted by molar-refractivity contribution is 9.10. The maximum atomic E-state index is 12.2. The smallest absolute Gasteiger partial charge is 0.253 e. The number of nitrogens with two attached hydrogens (primary N) is 1. The standard InChI is InChI=1S/C16H18BrN3O3S/c1-11-14(16(21)19-8-3-9-24(18,22)23)6-7-15(20-11)12-4-2-5-13(17)10-12/h2,4-7,10H,3,8-9H2,1H3,(H,19,21)(H2,18,22,23). The number of hydrogen-bond acceptors (Lipinski definition) is 4. The van der Waals surface area contributed by atoms with Gasteiger partial charge >= 0.3 is 0 Å². The van der Waals surface area contributed by atoms with Gasteiger partial charge < -0.3 is 5.32 Å². The van der Waals surface area contributed by atoms with Gasteiger partial charge in [-0.15, -0.1) is 0 Å². The number of primary sulfonamides is 1. The zero-order valence-electron chi connectivity index (χ0n) is 13.1. The highest BCUT2D eigenvalue weighted by Gasteiger charge is 2.11. The Hall–Kier alpha value is -1.77. The normalized spacial score (nSPS) is 11.3. The van der Waals surface area contributed by atoms with E-state index in [2.05, 4.69) is 26.2 Å². The van der Waals surface area contributed by atoms with Crippen molar-refractivity contribution in [3.05, 3.63) is 52.1 Å². The minimum Gasteiger partial charge on any atom is -0.352 e. The van der Waals surface area contributed by atoms with Gasteiger partial charge in [-0.3, -0.25) is 9.78 Å². The Morgan fingerprint density at radius 3 is 2.67 bits per heavy atom. The van der Waals surface area contributed by atoms with E-state index in [4.69, 9.17) is 5.14 Å². The lowest BCUT2D eigenvalue weighted by atomic mass is 10.1. The predicted octanol–water partition coefficient (Wildman–Crippen LogP) is 2.23. The molecule has 0 aliphatic heterocycles. The molecule has 0 atom stereocenters. The number of aromatic nitrogens is 1. The predicted molar refractivity (Wildman–Crippen MR) is 97.0 cm³/mol. The number of pyridine rings is 1. The van der Waals surface area contributed by atoms with Gasteiger partial charge in [0, 0.05) is 16.6 Å². The van der Waals surface area contributed by atoms with Crippen molar-refractivity contribution in [3.8, 4) is 11.3 Å². The number of aryl methyl sites for hydroxylation is 1. The van der Waals surface area contributed by atoms with Crippen LogP contribution in [0.4, 0.5) is 0 Å². The first-order chi connectivity index (χ1) is 11.3. The van der Waals surface area contributed by atoms with Crippen molar-refractivity contribution < 1.29 is 13.2 Å². The molecular weight excluding hydrogens is 394 g/mol. The minimum atomic E-state index is -3.50. The largest absolute Gasteiger partial charge is 0.352 e. The van der Waals surface area contributed by atoms with Gasteiger partial charge in [-0.25, -0.2) is 13.6 Å². The van der Waals surface area contributed by atoms with Gasteiger partial charge in [0.25, 0.3) is 5.91 Å². The molecule has 8 heteroatoms. The average Bonchev–Trinajstić information content (AvgIpc) is 2.50. The Balaban J connectivity index is 2.05. The molecule has 6 nitrogen and oxygen atoms in total. The van der Waals surface area contributed by atoms with Crippen molar-refractivity contribution in [1.82, 2.24) is 10.3 Å². The summed E-state index contributed by atoms with van der Waals surface area (Å²) in [7, 11) is -3.50. The summed E-state index contributed by atoms with van der Waals surface area (Å²) >= 11 is 3.42. The molecule has 2 rings (SSSR count). The van der Waals surface area contributed by atoms with E-state index < -0.39 is 10.0 Å². The summed E-state index contributed by atoms with van der Waals surface area (Å²) in [6, 6.07) is 11.2. The van der Waals surface area contributed by atoms with Crippen LogP contribution in [-0.4, -0.2) is 31.6 Å². The van der Waals surface area contributed by atoms with Crippen LogP contribution in [0.3, 0.4) is 0 Å². The fourth-order valence-corrected chi connectivity index (χ4v) is 3.13. The maximum Gasteiger partial charge on any atom is 0.253 e. The zero-order chi connectivity index (χ0) is 17.7. The van der Waals surface area contributed by atoms with E-state index in [1.54, 1.807) is 19.1 Å². The monoisotopic (exact) mass is 411 g/mol. The Kier molecular flexibility index (Phi) is 6.09. The van der Waals surface area contributed by atoms with Crippen molar-refractivity contribution in [1.29, 1.82) is 0 Å². The van der Waals surface area contributed by atoms with Gasteiger partial charge in [0.1, 0.15) is 0 Å². The van der Waals surface area contributed by atoms with Gasteiger partial charge in [-0.2, -0.15) is 0 Å². The number of sulfonamides is 1. The number of halogens is 1. The van der Waals surface area contributed by atoms with E-state index in [0.717, 1.165) is 15.7 Å². The molecule has 0 unspecified atom stereocenters. The lowest BCUT2D eigenvalue weighted by Gasteiger charge is -2.09. The molecule has 1 aromatic carbocycles. The molecule has 1 amide bonds. The third-order valence-corrected chi connectivity index (χ3v) is 4.69. The quantitative estimate of drug-likeness (QED) is 0.711. The molecule has 0 saturated heterocycles. The molecule has 0 fully saturated rings. The van der Waals surface area contributed by atoms with Crippen LogP contribution in [0.5, 0.6) is 0 Å². The summed E-state index contributed by atoms with van der Waals surface area (Å²) in [4.78, 5) is 16.6. The SMILES string of the molecule is Cc1nc(-c2cccc(Br)c2)ccc1C(=O)NCCCS(N)(=O)=O. The summed E-state index contributed by atoms with van der Waals surface area (Å²) in [5.74, 6) is -0.443. The van der Waals surface area contributed by atoms with Gasteiger partial charge in [0.2, 0.25) is 10.0 Å². The Labute approximate surface area is 149 Å². The molecule has 0 spiro atoms. The molecule has 128 valence electrons. The van der Waals surface area contributed by atoms with Crippen LogP contribution in [-0.2, 0) is 10.0 Å². The number of hydrogen-bond donors (Lipinski definition) is 2. The molecule has 24 heavy (non-hydrogen) atoms. The lowest BCUT2D eigenvalue weighted by molar-refractivity contribution is 0.0952. The zero-order valence-corrected chi connectivity index (χ0v) is 15.5. The van der Waals surface area contributed by atoms with Gasteiger partial charge in [-0.05, 0) is 37.6 Å². The second-order valence-electron chi connectivity index (χ2n) is 5.32. The maximum absolute atomic E-state index is 12.2. The molecular formula is C16H18BrN3O3S. The van der Waals surface area contributed by atoms with Gasteiger partial charge in [0.05, 0.1) is 22.7 Å². The molecule has 1 heterocycles. The highest BCUT2D eigenvalue weighted by Crippen LogP contribution is 2.22. The second kappa shape index (κ2) is 7.87. The molecule has 0 aliphatic carbocycles. The van der Waals surface area contributed by atoms with Crippen molar-refractivity contribution in [2.24, 2.45) is 5.14 Å². The van der Waals surface area contributed by atoms with Crippen molar-refractivity contribution in [2.75, 3.05) is 12.3 Å². The number of carbonyl (C=O) groups is 1. The molecule has 2 aromatic rings. The van der Waals surface area contributed by atoms with E-state index in [-0.39, 0.29) is 24.6 Å². The summed E-state index contributed by atoms with van der Waals surface area (Å²) in [6.45, 7) is 2.00. The number of rotatable bonds is 6. The van der Waals surface area contributed by atoms with Crippen molar-refractivity contribution in [3.63, 3.8) is 0 Å². The molecule has 0 radical (unpaired) electrons. The van der Waals surface area contributed by atoms with Gasteiger partial charge in [-0.1, -0.05) is 28.1 Å². The topological polar surface area (TPSA) is 102 Å². The van der Waals surface area contributed by atoms with Crippen LogP contribution >= 0.6 is 15.9 Å². The number of amides is 1. The first kappa shape index (κ1) is 18.6. The Bertz CT molecular complexity index is 853. The van der Waals surface area contributed by atoms with Crippen LogP contribution in [0.15, 0.2) is 40.9 Å². The highest BCUT2D eigenvalue weighted by atomic mass is 79.9. The van der Waals surface area contributed by atoms with Gasteiger partial charge in [0.15, 0.2) is 0 Å². The summed E-state index contributed by atoms with van der Waals surface area (Å²) in [5.41, 5.74) is 2.80. The van der Waals surface area contributed by atoms with E-state index in [1.165, 1.54) is 0 Å². The first-order valence-electron chi connectivity index (χ1n) is 7.28. The van der Waals surface area contributed by atoms with Crippen LogP contribution < -0.4 is 10.5 Å². The molecule has 0 saturated carbocycles. The van der Waals surface area contributed by atoms with E-state index in [1.807, 2.05) is 24.3 Å². The Morgan fingerprint density at radius 2 is 2.04 bits per heavy atom. The lowest BCUT2D eigenvalue weighted by Crippen LogP contribution is -2.28. The van der Waals surface area contributed by atoms with Crippen molar-refractivity contribution in [2.45, 2.75) is 13.3 Å². The third-order valence-electron chi connectivity index (χ3n) is 3.34. The number of carbonyl (C=O) groups excluding carboxylic acids is 1. The summed E-state index contributed by atoms with van der Waals surface area (Å²) in [6.07, 6.45) is 0.271. The summed E-state index contributed by atoms with van der Waals surface area (Å²) < 4.78 is 22.7. The molecule has 0 aliphatic rings. The van der Waals surface area contributed by atoms with E-state index in [0.29, 0.717) is 11.3 Å². The fraction of sp³-hybridized carbons (Fsp3) is 0.250. The van der Waals surface area contributed by atoms with E-state index >= 15 is 0 Å². The van der Waals surface area contributed by atoms with Crippen LogP contribution in [0, 0.1) is 6.92 Å².